The number of aliphatic hydroxyl groups is 4. The van der Waals surface area contributed by atoms with Crippen molar-refractivity contribution in [2.24, 2.45) is 11.8 Å². The molecule has 0 saturated heterocycles. The largest absolute Gasteiger partial charge is 0.508 e. The SMILES string of the molecule is CN(C)C1C(=O)C(C(=O)NCNc2cccc(C(=O)O)c2C(=O)O)=C(O)C2(O)C(=O)C3=C(O)c4c(O)cccc4[C@](C)(O)[C@@H]3C[C@H]12. The normalized spacial score (nSPS) is 27.1. The Bertz CT molecular complexity index is 1790. The van der Waals surface area contributed by atoms with Gasteiger partial charge in [-0.2, -0.15) is 0 Å². The fourth-order valence-corrected chi connectivity index (χ4v) is 6.90. The van der Waals surface area contributed by atoms with Crippen LogP contribution in [0.2, 0.25) is 0 Å². The highest BCUT2D eigenvalue weighted by Crippen LogP contribution is 2.57. The zero-order valence-corrected chi connectivity index (χ0v) is 24.7. The van der Waals surface area contributed by atoms with Gasteiger partial charge in [0.15, 0.2) is 11.4 Å². The van der Waals surface area contributed by atoms with Crippen LogP contribution in [0.3, 0.4) is 0 Å². The summed E-state index contributed by atoms with van der Waals surface area (Å²) in [6.07, 6.45) is -0.309. The predicted octanol–water partition coefficient (Wildman–Crippen LogP) is 0.726. The standard InChI is InChI=1S/C31H31N3O12/c1-30(45)13-7-5-9-17(35)19(13)23(36)20-14(30)10-15-22(34(2)3)24(37)21(26(39)31(15,46)25(20)38)27(40)33-11-32-16-8-4-6-12(28(41)42)18(16)29(43)44/h4-9,14-15,22,32,35-36,39,45-46H,10-11H2,1-3H3,(H,33,40)(H,41,42)(H,43,44)/t14-,15-,22?,30+,31?/m1/s1. The lowest BCUT2D eigenvalue weighted by molar-refractivity contribution is -0.159. The molecule has 2 aromatic carbocycles. The number of fused-ring (bicyclic) bond motifs is 3. The number of hydrogen-bond donors (Lipinski definition) is 9. The second-order valence-electron chi connectivity index (χ2n) is 11.8. The number of amides is 1. The number of phenolic OH excluding ortho intramolecular Hbond substituents is 1. The second kappa shape index (κ2) is 11.0. The minimum absolute atomic E-state index is 0.104. The topological polar surface area (TPSA) is 254 Å². The molecule has 3 aliphatic carbocycles. The fourth-order valence-electron chi connectivity index (χ4n) is 6.90. The Hall–Kier alpha value is -5.25. The molecule has 0 heterocycles. The van der Waals surface area contributed by atoms with Gasteiger partial charge in [-0.25, -0.2) is 9.59 Å². The number of aromatic hydroxyl groups is 1. The van der Waals surface area contributed by atoms with E-state index in [0.29, 0.717) is 0 Å². The van der Waals surface area contributed by atoms with Gasteiger partial charge in [0.1, 0.15) is 22.8 Å². The van der Waals surface area contributed by atoms with Gasteiger partial charge in [0, 0.05) is 17.4 Å². The molecule has 15 nitrogen and oxygen atoms in total. The van der Waals surface area contributed by atoms with Crippen molar-refractivity contribution in [3.8, 4) is 5.75 Å². The Morgan fingerprint density at radius 1 is 0.978 bits per heavy atom. The Labute approximate surface area is 260 Å². The summed E-state index contributed by atoms with van der Waals surface area (Å²) < 4.78 is 0. The highest BCUT2D eigenvalue weighted by Gasteiger charge is 2.66. The molecule has 2 unspecified atom stereocenters. The van der Waals surface area contributed by atoms with E-state index in [1.54, 1.807) is 0 Å². The third-order valence-electron chi connectivity index (χ3n) is 9.04. The number of nitrogens with one attached hydrogen (secondary N) is 2. The number of hydrogen-bond acceptors (Lipinski definition) is 12. The van der Waals surface area contributed by atoms with Gasteiger partial charge < -0.3 is 46.4 Å². The number of Topliss-reactive ketones (excluding diaryl/α,β-unsaturated/α-hetero) is 2. The molecule has 0 aliphatic heterocycles. The number of phenols is 1. The summed E-state index contributed by atoms with van der Waals surface area (Å²) in [4.78, 5) is 65.9. The number of ketones is 2. The van der Waals surface area contributed by atoms with Gasteiger partial charge in [0.25, 0.3) is 5.91 Å². The lowest BCUT2D eigenvalue weighted by Crippen LogP contribution is -2.67. The number of nitrogens with zero attached hydrogens (tertiary/aromatic N) is 1. The van der Waals surface area contributed by atoms with Crippen molar-refractivity contribution >= 4 is 40.9 Å². The van der Waals surface area contributed by atoms with Crippen molar-refractivity contribution in [1.82, 2.24) is 10.2 Å². The molecule has 1 amide bonds. The van der Waals surface area contributed by atoms with E-state index in [4.69, 9.17) is 0 Å². The number of likely N-dealkylation sites (N-methyl/N-ethyl adjacent to an activating group) is 1. The molecule has 5 atom stereocenters. The van der Waals surface area contributed by atoms with E-state index in [9.17, 15) is 59.7 Å². The molecule has 9 N–H and O–H groups in total. The smallest absolute Gasteiger partial charge is 0.338 e. The number of anilines is 1. The quantitative estimate of drug-likeness (QED) is 0.150. The lowest BCUT2D eigenvalue weighted by Gasteiger charge is -2.53. The first-order valence-corrected chi connectivity index (χ1v) is 14.0. The van der Waals surface area contributed by atoms with Gasteiger partial charge in [-0.3, -0.25) is 19.3 Å². The van der Waals surface area contributed by atoms with Crippen LogP contribution in [0.4, 0.5) is 5.69 Å². The zero-order valence-electron chi connectivity index (χ0n) is 24.7. The van der Waals surface area contributed by atoms with Crippen LogP contribution in [0.1, 0.15) is 45.2 Å². The minimum Gasteiger partial charge on any atom is -0.508 e. The van der Waals surface area contributed by atoms with Crippen LogP contribution < -0.4 is 10.6 Å². The van der Waals surface area contributed by atoms with Crippen LogP contribution in [0, 0.1) is 11.8 Å². The molecule has 3 aliphatic rings. The summed E-state index contributed by atoms with van der Waals surface area (Å²) in [6, 6.07) is 6.32. The summed E-state index contributed by atoms with van der Waals surface area (Å²) in [5.41, 5.74) is -7.73. The first kappa shape index (κ1) is 32.2. The minimum atomic E-state index is -2.92. The molecule has 15 heteroatoms. The predicted molar refractivity (Wildman–Crippen MR) is 158 cm³/mol. The highest BCUT2D eigenvalue weighted by molar-refractivity contribution is 6.25. The molecule has 1 saturated carbocycles. The number of benzene rings is 2. The van der Waals surface area contributed by atoms with E-state index in [1.165, 1.54) is 56.3 Å². The molecular formula is C31H31N3O12. The van der Waals surface area contributed by atoms with Gasteiger partial charge in [0.05, 0.1) is 40.7 Å². The third kappa shape index (κ3) is 4.50. The van der Waals surface area contributed by atoms with Crippen LogP contribution >= 0.6 is 0 Å². The molecule has 46 heavy (non-hydrogen) atoms. The Kier molecular flexibility index (Phi) is 7.67. The molecule has 5 rings (SSSR count). The van der Waals surface area contributed by atoms with Gasteiger partial charge >= 0.3 is 11.9 Å². The van der Waals surface area contributed by atoms with Crippen molar-refractivity contribution < 1.29 is 59.7 Å². The van der Waals surface area contributed by atoms with Crippen molar-refractivity contribution in [3.63, 3.8) is 0 Å². The van der Waals surface area contributed by atoms with Crippen molar-refractivity contribution in [2.75, 3.05) is 26.1 Å². The van der Waals surface area contributed by atoms with E-state index >= 15 is 0 Å². The van der Waals surface area contributed by atoms with Crippen LogP contribution in [0.5, 0.6) is 5.75 Å². The molecule has 0 aromatic heterocycles. The Balaban J connectivity index is 1.55. The summed E-state index contributed by atoms with van der Waals surface area (Å²) in [5.74, 6) is -11.7. The van der Waals surface area contributed by atoms with E-state index in [-0.39, 0.29) is 23.2 Å². The lowest BCUT2D eigenvalue weighted by atomic mass is 9.54. The number of carbonyl (C=O) groups is 5. The van der Waals surface area contributed by atoms with Crippen LogP contribution in [0.15, 0.2) is 53.3 Å². The van der Waals surface area contributed by atoms with Gasteiger partial charge in [-0.05, 0) is 51.2 Å². The number of aliphatic hydroxyl groups excluding tert-OH is 2. The molecule has 0 spiro atoms. The molecule has 242 valence electrons. The summed E-state index contributed by atoms with van der Waals surface area (Å²) in [7, 11) is 2.90. The van der Waals surface area contributed by atoms with Crippen LogP contribution in [-0.2, 0) is 20.0 Å². The molecule has 0 radical (unpaired) electrons. The van der Waals surface area contributed by atoms with Crippen molar-refractivity contribution in [2.45, 2.75) is 30.6 Å². The summed E-state index contributed by atoms with van der Waals surface area (Å²) in [5, 5.41) is 80.3. The Morgan fingerprint density at radius 2 is 1.63 bits per heavy atom. The van der Waals surface area contributed by atoms with Crippen molar-refractivity contribution in [3.05, 3.63) is 75.6 Å². The number of carboxylic acid groups (broad SMARTS) is 2. The fraction of sp³-hybridized carbons (Fsp3) is 0.323. The van der Waals surface area contributed by atoms with E-state index < -0.39 is 105 Å². The second-order valence-corrected chi connectivity index (χ2v) is 11.8. The molecule has 0 bridgehead atoms. The van der Waals surface area contributed by atoms with Gasteiger partial charge in [-0.15, -0.1) is 0 Å². The van der Waals surface area contributed by atoms with Crippen LogP contribution in [0.25, 0.3) is 5.76 Å². The van der Waals surface area contributed by atoms with Gasteiger partial charge in [-0.1, -0.05) is 18.2 Å². The number of carbonyl (C=O) groups excluding carboxylic acids is 3. The van der Waals surface area contributed by atoms with E-state index in [1.807, 2.05) is 0 Å². The first-order chi connectivity index (χ1) is 21.5. The van der Waals surface area contributed by atoms with E-state index in [2.05, 4.69) is 10.6 Å². The molecule has 1 fully saturated rings. The molecular weight excluding hydrogens is 606 g/mol. The average molecular weight is 638 g/mol. The maximum absolute atomic E-state index is 14.1. The number of rotatable bonds is 7. The zero-order chi connectivity index (χ0) is 34.0. The summed E-state index contributed by atoms with van der Waals surface area (Å²) in [6.45, 7) is 0.778. The van der Waals surface area contributed by atoms with Gasteiger partial charge in [0.2, 0.25) is 5.78 Å². The third-order valence-corrected chi connectivity index (χ3v) is 9.04. The summed E-state index contributed by atoms with van der Waals surface area (Å²) >= 11 is 0. The van der Waals surface area contributed by atoms with Crippen molar-refractivity contribution in [1.29, 1.82) is 0 Å². The first-order valence-electron chi connectivity index (χ1n) is 14.0. The van der Waals surface area contributed by atoms with Crippen LogP contribution in [-0.4, -0.2) is 102 Å². The average Bonchev–Trinajstić information content (AvgIpc) is 2.97. The number of carboxylic acids is 2. The van der Waals surface area contributed by atoms with E-state index in [0.717, 1.165) is 6.07 Å². The molecule has 2 aromatic rings. The maximum Gasteiger partial charge on any atom is 0.338 e. The Morgan fingerprint density at radius 3 is 2.24 bits per heavy atom. The maximum atomic E-state index is 14.1. The monoisotopic (exact) mass is 637 g/mol. The number of aromatic carboxylic acids is 2. The highest BCUT2D eigenvalue weighted by atomic mass is 16.4.